The highest BCUT2D eigenvalue weighted by molar-refractivity contribution is 7.17. The summed E-state index contributed by atoms with van der Waals surface area (Å²) in [4.78, 5) is 23.6. The molecule has 4 aromatic rings. The number of H-pyrrole nitrogens is 1. The minimum absolute atomic E-state index is 0.0939. The summed E-state index contributed by atoms with van der Waals surface area (Å²) in [6, 6.07) is 17.3. The van der Waals surface area contributed by atoms with Crippen molar-refractivity contribution in [2.24, 2.45) is 0 Å². The van der Waals surface area contributed by atoms with E-state index in [1.54, 1.807) is 6.07 Å². The van der Waals surface area contributed by atoms with Gasteiger partial charge in [-0.3, -0.25) is 9.69 Å². The number of nitrogens with one attached hydrogen (secondary N) is 1. The smallest absolute Gasteiger partial charge is 0.260 e. The van der Waals surface area contributed by atoms with Crippen molar-refractivity contribution in [2.75, 3.05) is 13.1 Å². The Labute approximate surface area is 178 Å². The van der Waals surface area contributed by atoms with Crippen LogP contribution in [0.1, 0.15) is 17.8 Å². The number of phenolic OH excluding ortho intramolecular Hbond substituents is 1. The summed E-state index contributed by atoms with van der Waals surface area (Å²) in [7, 11) is 0. The van der Waals surface area contributed by atoms with Crippen molar-refractivity contribution in [3.8, 4) is 16.9 Å². The SMILES string of the molecule is O=c1[nH]c(CN2CCC=C(c3ccccc3O)C2)nc2scc(-c3ccccc3)c12. The highest BCUT2D eigenvalue weighted by atomic mass is 32.1. The zero-order chi connectivity index (χ0) is 20.5. The predicted molar refractivity (Wildman–Crippen MR) is 122 cm³/mol. The molecule has 2 aromatic heterocycles. The maximum Gasteiger partial charge on any atom is 0.260 e. The van der Waals surface area contributed by atoms with Crippen LogP contribution in [0.4, 0.5) is 0 Å². The molecule has 1 aliphatic heterocycles. The van der Waals surface area contributed by atoms with Crippen molar-refractivity contribution in [3.63, 3.8) is 0 Å². The second-order valence-corrected chi connectivity index (χ2v) is 8.31. The summed E-state index contributed by atoms with van der Waals surface area (Å²) in [6.45, 7) is 2.16. The summed E-state index contributed by atoms with van der Waals surface area (Å²) in [5.41, 5.74) is 3.83. The molecule has 5 nitrogen and oxygen atoms in total. The van der Waals surface area contributed by atoms with Crippen molar-refractivity contribution < 1.29 is 5.11 Å². The van der Waals surface area contributed by atoms with Gasteiger partial charge in [0.05, 0.1) is 11.9 Å². The summed E-state index contributed by atoms with van der Waals surface area (Å²) in [6.07, 6.45) is 3.07. The molecule has 0 saturated heterocycles. The Morgan fingerprint density at radius 2 is 1.87 bits per heavy atom. The molecule has 0 aliphatic carbocycles. The quantitative estimate of drug-likeness (QED) is 0.509. The molecule has 0 fully saturated rings. The lowest BCUT2D eigenvalue weighted by molar-refractivity contribution is 0.289. The number of benzene rings is 2. The average Bonchev–Trinajstić information content (AvgIpc) is 3.19. The van der Waals surface area contributed by atoms with Crippen LogP contribution in [0.3, 0.4) is 0 Å². The number of phenols is 1. The van der Waals surface area contributed by atoms with Crippen LogP contribution < -0.4 is 5.56 Å². The lowest BCUT2D eigenvalue weighted by Crippen LogP contribution is -2.30. The number of rotatable bonds is 4. The van der Waals surface area contributed by atoms with E-state index in [1.165, 1.54) is 11.3 Å². The van der Waals surface area contributed by atoms with Gasteiger partial charge >= 0.3 is 0 Å². The normalized spacial score (nSPS) is 14.7. The molecule has 6 heteroatoms. The molecule has 2 aromatic carbocycles. The number of thiophene rings is 1. The van der Waals surface area contributed by atoms with Crippen LogP contribution in [0.15, 0.2) is 70.8 Å². The Kier molecular flexibility index (Phi) is 4.94. The number of aromatic hydroxyl groups is 1. The van der Waals surface area contributed by atoms with Gasteiger partial charge in [0.2, 0.25) is 0 Å². The number of para-hydroxylation sites is 1. The molecule has 5 rings (SSSR count). The van der Waals surface area contributed by atoms with E-state index in [-0.39, 0.29) is 5.56 Å². The molecule has 150 valence electrons. The maximum atomic E-state index is 12.9. The molecule has 0 bridgehead atoms. The van der Waals surface area contributed by atoms with E-state index in [0.717, 1.165) is 40.1 Å². The fraction of sp³-hybridized carbons (Fsp3) is 0.167. The van der Waals surface area contributed by atoms with Gasteiger partial charge in [-0.15, -0.1) is 11.3 Å². The van der Waals surface area contributed by atoms with Crippen molar-refractivity contribution in [2.45, 2.75) is 13.0 Å². The number of hydrogen-bond donors (Lipinski definition) is 2. The summed E-state index contributed by atoms with van der Waals surface area (Å²) >= 11 is 1.50. The fourth-order valence-electron chi connectivity index (χ4n) is 3.99. The number of aromatic nitrogens is 2. The first-order valence-electron chi connectivity index (χ1n) is 9.94. The molecule has 0 amide bonds. The van der Waals surface area contributed by atoms with E-state index < -0.39 is 0 Å². The third-order valence-corrected chi connectivity index (χ3v) is 6.30. The van der Waals surface area contributed by atoms with Crippen LogP contribution in [0.25, 0.3) is 26.9 Å². The van der Waals surface area contributed by atoms with Crippen molar-refractivity contribution >= 4 is 27.1 Å². The van der Waals surface area contributed by atoms with Crippen molar-refractivity contribution in [1.82, 2.24) is 14.9 Å². The number of aromatic amines is 1. The highest BCUT2D eigenvalue weighted by Gasteiger charge is 2.18. The Bertz CT molecular complexity index is 1290. The second-order valence-electron chi connectivity index (χ2n) is 7.45. The van der Waals surface area contributed by atoms with Gasteiger partial charge in [0.1, 0.15) is 16.4 Å². The van der Waals surface area contributed by atoms with Gasteiger partial charge in [-0.05, 0) is 23.6 Å². The number of nitrogens with zero attached hydrogens (tertiary/aromatic N) is 2. The number of hydrogen-bond acceptors (Lipinski definition) is 5. The van der Waals surface area contributed by atoms with Crippen LogP contribution in [0, 0.1) is 0 Å². The maximum absolute atomic E-state index is 12.9. The van der Waals surface area contributed by atoms with Gasteiger partial charge in [0, 0.05) is 29.6 Å². The molecule has 0 spiro atoms. The number of fused-ring (bicyclic) bond motifs is 1. The topological polar surface area (TPSA) is 69.2 Å². The molecule has 2 N–H and O–H groups in total. The molecule has 0 radical (unpaired) electrons. The molecule has 30 heavy (non-hydrogen) atoms. The molecule has 0 saturated carbocycles. The third kappa shape index (κ3) is 3.56. The molecular weight excluding hydrogens is 394 g/mol. The van der Waals surface area contributed by atoms with Gasteiger partial charge in [-0.25, -0.2) is 4.98 Å². The predicted octanol–water partition coefficient (Wildman–Crippen LogP) is 4.65. The van der Waals surface area contributed by atoms with Gasteiger partial charge in [0.25, 0.3) is 5.56 Å². The summed E-state index contributed by atoms with van der Waals surface area (Å²) in [5, 5.41) is 12.8. The largest absolute Gasteiger partial charge is 0.507 e. The van der Waals surface area contributed by atoms with E-state index in [2.05, 4.69) is 16.0 Å². The molecule has 3 heterocycles. The zero-order valence-electron chi connectivity index (χ0n) is 16.3. The monoisotopic (exact) mass is 415 g/mol. The van der Waals surface area contributed by atoms with Crippen LogP contribution in [0.2, 0.25) is 0 Å². The van der Waals surface area contributed by atoms with Gasteiger partial charge in [-0.2, -0.15) is 0 Å². The lowest BCUT2D eigenvalue weighted by Gasteiger charge is -2.27. The van der Waals surface area contributed by atoms with Crippen LogP contribution in [-0.4, -0.2) is 33.1 Å². The van der Waals surface area contributed by atoms with E-state index in [9.17, 15) is 9.90 Å². The first kappa shape index (κ1) is 18.8. The Balaban J connectivity index is 1.41. The standard InChI is InChI=1S/C24H21N3O2S/c28-20-11-5-4-10-18(20)17-9-6-12-27(13-17)14-21-25-23(29)22-19(15-30-24(22)26-21)16-7-2-1-3-8-16/h1-5,7-11,15,28H,6,12-14H2,(H,25,26,29). The Morgan fingerprint density at radius 1 is 1.07 bits per heavy atom. The van der Waals surface area contributed by atoms with E-state index in [4.69, 9.17) is 4.98 Å². The molecule has 0 unspecified atom stereocenters. The van der Waals surface area contributed by atoms with Gasteiger partial charge in [-0.1, -0.05) is 54.6 Å². The Morgan fingerprint density at radius 3 is 2.70 bits per heavy atom. The van der Waals surface area contributed by atoms with Crippen LogP contribution >= 0.6 is 11.3 Å². The summed E-state index contributed by atoms with van der Waals surface area (Å²) in [5.74, 6) is 0.970. The molecule has 1 aliphatic rings. The minimum Gasteiger partial charge on any atom is -0.507 e. The highest BCUT2D eigenvalue weighted by Crippen LogP contribution is 2.31. The second kappa shape index (κ2) is 7.89. The van der Waals surface area contributed by atoms with Gasteiger partial charge in [0.15, 0.2) is 0 Å². The third-order valence-electron chi connectivity index (χ3n) is 5.43. The average molecular weight is 416 g/mol. The Hall–Kier alpha value is -3.22. The zero-order valence-corrected chi connectivity index (χ0v) is 17.2. The van der Waals surface area contributed by atoms with E-state index in [0.29, 0.717) is 30.0 Å². The minimum atomic E-state index is -0.0939. The van der Waals surface area contributed by atoms with E-state index in [1.807, 2.05) is 53.9 Å². The molecule has 0 atom stereocenters. The lowest BCUT2D eigenvalue weighted by atomic mass is 10.0. The summed E-state index contributed by atoms with van der Waals surface area (Å²) < 4.78 is 0. The van der Waals surface area contributed by atoms with E-state index >= 15 is 0 Å². The van der Waals surface area contributed by atoms with Crippen LogP contribution in [-0.2, 0) is 6.54 Å². The van der Waals surface area contributed by atoms with Crippen molar-refractivity contribution in [3.05, 3.63) is 87.8 Å². The first-order valence-corrected chi connectivity index (χ1v) is 10.8. The molecular formula is C24H21N3O2S. The van der Waals surface area contributed by atoms with Crippen LogP contribution in [0.5, 0.6) is 5.75 Å². The fourth-order valence-corrected chi connectivity index (χ4v) is 4.96. The van der Waals surface area contributed by atoms with Gasteiger partial charge < -0.3 is 10.1 Å². The first-order chi connectivity index (χ1) is 14.7. The van der Waals surface area contributed by atoms with Crippen molar-refractivity contribution in [1.29, 1.82) is 0 Å².